The second kappa shape index (κ2) is 14.5. The first kappa shape index (κ1) is 32.6. The first-order chi connectivity index (χ1) is 22.1. The van der Waals surface area contributed by atoms with E-state index in [-0.39, 0.29) is 11.7 Å². The van der Waals surface area contributed by atoms with Crippen molar-refractivity contribution in [3.63, 3.8) is 0 Å². The number of nitrogens with zero attached hydrogens (tertiary/aromatic N) is 4. The molecule has 0 saturated carbocycles. The average molecular weight is 623 g/mol. The van der Waals surface area contributed by atoms with Crippen LogP contribution >= 0.6 is 0 Å². The summed E-state index contributed by atoms with van der Waals surface area (Å²) in [7, 11) is 0. The van der Waals surface area contributed by atoms with E-state index < -0.39 is 11.6 Å². The van der Waals surface area contributed by atoms with E-state index in [0.717, 1.165) is 48.4 Å². The third-order valence-electron chi connectivity index (χ3n) is 7.79. The molecule has 0 radical (unpaired) electrons. The van der Waals surface area contributed by atoms with Crippen LogP contribution in [0.25, 0.3) is 11.3 Å². The molecule has 9 heteroatoms. The molecule has 1 aliphatic heterocycles. The summed E-state index contributed by atoms with van der Waals surface area (Å²) in [5, 5.41) is 0. The number of piperidine rings is 1. The third kappa shape index (κ3) is 8.47. The van der Waals surface area contributed by atoms with E-state index in [9.17, 15) is 9.59 Å². The van der Waals surface area contributed by atoms with Crippen LogP contribution in [-0.2, 0) is 22.5 Å². The van der Waals surface area contributed by atoms with E-state index >= 15 is 0 Å². The zero-order valence-electron chi connectivity index (χ0n) is 27.3. The number of rotatable bonds is 10. The summed E-state index contributed by atoms with van der Waals surface area (Å²) in [4.78, 5) is 41.5. The highest BCUT2D eigenvalue weighted by Gasteiger charge is 2.27. The van der Waals surface area contributed by atoms with Gasteiger partial charge in [-0.2, -0.15) is 0 Å². The molecule has 1 fully saturated rings. The number of hydrogen-bond donors (Lipinski definition) is 0. The van der Waals surface area contributed by atoms with Gasteiger partial charge in [-0.3, -0.25) is 4.98 Å². The van der Waals surface area contributed by atoms with Crippen molar-refractivity contribution in [1.82, 2.24) is 15.0 Å². The molecule has 1 saturated heterocycles. The van der Waals surface area contributed by atoms with Crippen LogP contribution in [0.5, 0.6) is 5.75 Å². The summed E-state index contributed by atoms with van der Waals surface area (Å²) in [6, 6.07) is 21.7. The van der Waals surface area contributed by atoms with Gasteiger partial charge in [0.05, 0.1) is 23.6 Å². The Bertz CT molecular complexity index is 1630. The highest BCUT2D eigenvalue weighted by atomic mass is 16.6. The fraction of sp³-hybridized carbons (Fsp3) is 0.378. The smallest absolute Gasteiger partial charge is 0.361 e. The Balaban J connectivity index is 1.22. The second-order valence-electron chi connectivity index (χ2n) is 12.5. The van der Waals surface area contributed by atoms with E-state index in [0.29, 0.717) is 48.4 Å². The third-order valence-corrected chi connectivity index (χ3v) is 7.79. The van der Waals surface area contributed by atoms with Gasteiger partial charge in [-0.05, 0) is 83.2 Å². The minimum Gasteiger partial charge on any atom is -0.484 e. The first-order valence-corrected chi connectivity index (χ1v) is 15.9. The van der Waals surface area contributed by atoms with Gasteiger partial charge < -0.3 is 19.1 Å². The Hall–Kier alpha value is -4.79. The number of carbonyl (C=O) groups is 2. The summed E-state index contributed by atoms with van der Waals surface area (Å²) in [6.07, 6.45) is 4.19. The van der Waals surface area contributed by atoms with Crippen molar-refractivity contribution in [2.24, 2.45) is 5.92 Å². The molecule has 0 unspecified atom stereocenters. The van der Waals surface area contributed by atoms with E-state index in [4.69, 9.17) is 24.2 Å². The first-order valence-electron chi connectivity index (χ1n) is 15.9. The Kier molecular flexibility index (Phi) is 10.3. The molecule has 0 amide bonds. The lowest BCUT2D eigenvalue weighted by Gasteiger charge is -2.33. The normalized spacial score (nSPS) is 13.7. The molecule has 3 heterocycles. The van der Waals surface area contributed by atoms with Gasteiger partial charge >= 0.3 is 11.9 Å². The number of ether oxygens (including phenoxy) is 3. The molecule has 0 N–H and O–H groups in total. The number of benzene rings is 2. The standard InChI is InChI=1S/C37H42N4O5/c1-6-44-35(42)29-14-17-31(38-23-29)28-12-15-30(16-13-28)41-20-18-26(19-21-41)22-32-39-25(2)34(45-24-27-10-8-7-9-11-27)33(40-32)36(43)46-37(3,4)5/h7-17,23,26H,6,18-22,24H2,1-5H3. The number of esters is 2. The summed E-state index contributed by atoms with van der Waals surface area (Å²) in [5.74, 6) is 0.514. The Morgan fingerprint density at radius 1 is 0.913 bits per heavy atom. The topological polar surface area (TPSA) is 104 Å². The number of aryl methyl sites for hydroxylation is 1. The number of pyridine rings is 1. The van der Waals surface area contributed by atoms with Crippen molar-refractivity contribution in [2.45, 2.75) is 66.1 Å². The zero-order valence-corrected chi connectivity index (χ0v) is 27.3. The monoisotopic (exact) mass is 622 g/mol. The highest BCUT2D eigenvalue weighted by molar-refractivity contribution is 5.91. The maximum atomic E-state index is 13.2. The van der Waals surface area contributed by atoms with Crippen LogP contribution in [0.3, 0.4) is 0 Å². The molecule has 0 atom stereocenters. The van der Waals surface area contributed by atoms with E-state index in [1.807, 2.05) is 64.1 Å². The van der Waals surface area contributed by atoms with E-state index in [1.54, 1.807) is 19.2 Å². The summed E-state index contributed by atoms with van der Waals surface area (Å²) in [5.41, 5.74) is 4.52. The highest BCUT2D eigenvalue weighted by Crippen LogP contribution is 2.30. The van der Waals surface area contributed by atoms with Crippen LogP contribution in [0.1, 0.15) is 78.5 Å². The maximum absolute atomic E-state index is 13.2. The fourth-order valence-electron chi connectivity index (χ4n) is 5.48. The molecule has 2 aromatic heterocycles. The SMILES string of the molecule is CCOC(=O)c1ccc(-c2ccc(N3CCC(Cc4nc(C)c(OCc5ccccc5)c(C(=O)OC(C)(C)C)n4)CC3)cc2)nc1. The minimum absolute atomic E-state index is 0.177. The second-order valence-corrected chi connectivity index (χ2v) is 12.5. The minimum atomic E-state index is -0.664. The van der Waals surface area contributed by atoms with Crippen molar-refractivity contribution in [3.8, 4) is 17.0 Å². The van der Waals surface area contributed by atoms with Gasteiger partial charge in [0.2, 0.25) is 0 Å². The summed E-state index contributed by atoms with van der Waals surface area (Å²) in [6.45, 7) is 11.6. The molecule has 0 spiro atoms. The van der Waals surface area contributed by atoms with Gasteiger partial charge in [-0.25, -0.2) is 19.6 Å². The Morgan fingerprint density at radius 2 is 1.63 bits per heavy atom. The molecule has 1 aliphatic rings. The molecular weight excluding hydrogens is 580 g/mol. The predicted octanol–water partition coefficient (Wildman–Crippen LogP) is 7.02. The molecule has 5 rings (SSSR count). The number of aromatic nitrogens is 3. The van der Waals surface area contributed by atoms with Gasteiger partial charge in [0.15, 0.2) is 11.4 Å². The van der Waals surface area contributed by atoms with Crippen molar-refractivity contribution in [1.29, 1.82) is 0 Å². The maximum Gasteiger partial charge on any atom is 0.361 e. The quantitative estimate of drug-likeness (QED) is 0.173. The number of anilines is 1. The molecule has 240 valence electrons. The van der Waals surface area contributed by atoms with Crippen molar-refractivity contribution >= 4 is 17.6 Å². The van der Waals surface area contributed by atoms with Gasteiger partial charge in [-0.1, -0.05) is 42.5 Å². The van der Waals surface area contributed by atoms with E-state index in [2.05, 4.69) is 34.1 Å². The molecule has 0 aliphatic carbocycles. The molecule has 0 bridgehead atoms. The van der Waals surface area contributed by atoms with Crippen LogP contribution in [0.4, 0.5) is 5.69 Å². The van der Waals surface area contributed by atoms with Crippen LogP contribution < -0.4 is 9.64 Å². The fourth-order valence-corrected chi connectivity index (χ4v) is 5.48. The molecular formula is C37H42N4O5. The molecule has 2 aromatic carbocycles. The molecule has 4 aromatic rings. The largest absolute Gasteiger partial charge is 0.484 e. The van der Waals surface area contributed by atoms with Crippen LogP contribution in [-0.4, -0.2) is 52.2 Å². The van der Waals surface area contributed by atoms with Gasteiger partial charge in [0, 0.05) is 37.0 Å². The lowest BCUT2D eigenvalue weighted by atomic mass is 9.92. The zero-order chi connectivity index (χ0) is 32.7. The Labute approximate surface area is 271 Å². The molecule has 46 heavy (non-hydrogen) atoms. The lowest BCUT2D eigenvalue weighted by molar-refractivity contribution is 0.00569. The van der Waals surface area contributed by atoms with Crippen molar-refractivity contribution in [3.05, 3.63) is 101 Å². The van der Waals surface area contributed by atoms with E-state index in [1.165, 1.54) is 0 Å². The lowest BCUT2D eigenvalue weighted by Crippen LogP contribution is -2.34. The van der Waals surface area contributed by atoms with Crippen molar-refractivity contribution in [2.75, 3.05) is 24.6 Å². The van der Waals surface area contributed by atoms with Gasteiger partial charge in [0.25, 0.3) is 0 Å². The number of hydrogen-bond acceptors (Lipinski definition) is 9. The average Bonchev–Trinajstić information content (AvgIpc) is 3.04. The Morgan fingerprint density at radius 3 is 2.26 bits per heavy atom. The predicted molar refractivity (Wildman–Crippen MR) is 177 cm³/mol. The molecule has 9 nitrogen and oxygen atoms in total. The summed E-state index contributed by atoms with van der Waals surface area (Å²) < 4.78 is 16.8. The summed E-state index contributed by atoms with van der Waals surface area (Å²) >= 11 is 0. The number of carbonyl (C=O) groups excluding carboxylic acids is 2. The van der Waals surface area contributed by atoms with Gasteiger partial charge in [-0.15, -0.1) is 0 Å². The van der Waals surface area contributed by atoms with Crippen molar-refractivity contribution < 1.29 is 23.8 Å². The van der Waals surface area contributed by atoms with Gasteiger partial charge in [0.1, 0.15) is 18.0 Å². The van der Waals surface area contributed by atoms with Crippen LogP contribution in [0.15, 0.2) is 72.9 Å². The van der Waals surface area contributed by atoms with Crippen LogP contribution in [0.2, 0.25) is 0 Å². The van der Waals surface area contributed by atoms with Crippen LogP contribution in [0, 0.1) is 12.8 Å².